The molecular formula is C27H26N2O4. The van der Waals surface area contributed by atoms with Crippen LogP contribution in [-0.2, 0) is 9.53 Å². The summed E-state index contributed by atoms with van der Waals surface area (Å²) in [5.41, 5.74) is 4.49. The molecule has 0 spiro atoms. The van der Waals surface area contributed by atoms with Gasteiger partial charge in [0.05, 0.1) is 32.2 Å². The first-order valence-corrected chi connectivity index (χ1v) is 10.8. The van der Waals surface area contributed by atoms with Crippen LogP contribution in [0.4, 0.5) is 0 Å². The maximum atomic E-state index is 11.4. The minimum Gasteiger partial charge on any atom is -0.494 e. The third-order valence-electron chi connectivity index (χ3n) is 5.27. The van der Waals surface area contributed by atoms with Gasteiger partial charge >= 0.3 is 5.97 Å². The molecule has 0 N–H and O–H groups in total. The highest BCUT2D eigenvalue weighted by Gasteiger charge is 2.18. The van der Waals surface area contributed by atoms with Crippen molar-refractivity contribution in [1.82, 2.24) is 9.78 Å². The van der Waals surface area contributed by atoms with E-state index in [9.17, 15) is 4.79 Å². The highest BCUT2D eigenvalue weighted by Crippen LogP contribution is 2.35. The van der Waals surface area contributed by atoms with Gasteiger partial charge in [-0.1, -0.05) is 54.6 Å². The summed E-state index contributed by atoms with van der Waals surface area (Å²) in [6.45, 7) is 0.408. The molecule has 0 amide bonds. The lowest BCUT2D eigenvalue weighted by molar-refractivity contribution is -0.140. The van der Waals surface area contributed by atoms with Gasteiger partial charge in [-0.25, -0.2) is 4.68 Å². The van der Waals surface area contributed by atoms with E-state index in [0.29, 0.717) is 25.2 Å². The van der Waals surface area contributed by atoms with Gasteiger partial charge in [-0.15, -0.1) is 0 Å². The summed E-state index contributed by atoms with van der Waals surface area (Å²) in [6, 6.07) is 27.8. The van der Waals surface area contributed by atoms with Crippen LogP contribution in [0.1, 0.15) is 12.8 Å². The van der Waals surface area contributed by atoms with E-state index >= 15 is 0 Å². The third kappa shape index (κ3) is 5.06. The first-order chi connectivity index (χ1) is 16.2. The van der Waals surface area contributed by atoms with Gasteiger partial charge in [0.2, 0.25) is 0 Å². The van der Waals surface area contributed by atoms with Crippen LogP contribution >= 0.6 is 0 Å². The summed E-state index contributed by atoms with van der Waals surface area (Å²) >= 11 is 0. The fourth-order valence-corrected chi connectivity index (χ4v) is 3.62. The summed E-state index contributed by atoms with van der Waals surface area (Å²) in [7, 11) is 3.05. The normalized spacial score (nSPS) is 10.6. The molecule has 0 aliphatic rings. The van der Waals surface area contributed by atoms with Crippen LogP contribution in [0.2, 0.25) is 0 Å². The molecule has 0 aliphatic carbocycles. The summed E-state index contributed by atoms with van der Waals surface area (Å²) in [4.78, 5) is 11.4. The number of nitrogens with zero attached hydrogens (tertiary/aromatic N) is 2. The second kappa shape index (κ2) is 10.5. The van der Waals surface area contributed by atoms with Gasteiger partial charge in [-0.05, 0) is 36.8 Å². The van der Waals surface area contributed by atoms with E-state index in [0.717, 1.165) is 34.0 Å². The van der Waals surface area contributed by atoms with Crippen molar-refractivity contribution in [3.8, 4) is 39.7 Å². The van der Waals surface area contributed by atoms with E-state index in [1.165, 1.54) is 7.11 Å². The SMILES string of the molecule is COC(=O)CCCOc1ccccc1-c1cc(-c2ccccc2)n(-c2ccccc2OC)n1. The van der Waals surface area contributed by atoms with Gasteiger partial charge in [0.1, 0.15) is 17.2 Å². The average Bonchev–Trinajstić information content (AvgIpc) is 3.32. The Morgan fingerprint density at radius 1 is 0.879 bits per heavy atom. The Hall–Kier alpha value is -4.06. The lowest BCUT2D eigenvalue weighted by Crippen LogP contribution is -2.05. The van der Waals surface area contributed by atoms with Crippen molar-refractivity contribution in [3.63, 3.8) is 0 Å². The molecule has 0 unspecified atom stereocenters. The lowest BCUT2D eigenvalue weighted by Gasteiger charge is -2.12. The number of rotatable bonds is 9. The maximum absolute atomic E-state index is 11.4. The minimum atomic E-state index is -0.241. The Balaban J connectivity index is 1.73. The monoisotopic (exact) mass is 442 g/mol. The van der Waals surface area contributed by atoms with E-state index in [2.05, 4.69) is 18.2 Å². The van der Waals surface area contributed by atoms with Crippen LogP contribution in [-0.4, -0.2) is 36.6 Å². The highest BCUT2D eigenvalue weighted by molar-refractivity contribution is 5.74. The maximum Gasteiger partial charge on any atom is 0.305 e. The molecule has 6 nitrogen and oxygen atoms in total. The van der Waals surface area contributed by atoms with E-state index in [-0.39, 0.29) is 5.97 Å². The predicted molar refractivity (Wildman–Crippen MR) is 128 cm³/mol. The zero-order valence-corrected chi connectivity index (χ0v) is 18.7. The van der Waals surface area contributed by atoms with Gasteiger partial charge in [0.25, 0.3) is 0 Å². The quantitative estimate of drug-likeness (QED) is 0.251. The number of para-hydroxylation sites is 3. The van der Waals surface area contributed by atoms with Gasteiger partial charge < -0.3 is 14.2 Å². The molecule has 33 heavy (non-hydrogen) atoms. The first-order valence-electron chi connectivity index (χ1n) is 10.8. The first kappa shape index (κ1) is 22.1. The third-order valence-corrected chi connectivity index (χ3v) is 5.27. The number of benzene rings is 3. The van der Waals surface area contributed by atoms with Crippen molar-refractivity contribution in [1.29, 1.82) is 0 Å². The molecule has 4 rings (SSSR count). The van der Waals surface area contributed by atoms with Gasteiger partial charge in [0.15, 0.2) is 0 Å². The Bertz CT molecular complexity index is 1220. The predicted octanol–water partition coefficient (Wildman–Crippen LogP) is 5.55. The summed E-state index contributed by atoms with van der Waals surface area (Å²) < 4.78 is 18.2. The van der Waals surface area contributed by atoms with Crippen molar-refractivity contribution >= 4 is 5.97 Å². The van der Waals surface area contributed by atoms with Crippen LogP contribution < -0.4 is 9.47 Å². The van der Waals surface area contributed by atoms with Crippen LogP contribution in [0.5, 0.6) is 11.5 Å². The summed E-state index contributed by atoms with van der Waals surface area (Å²) in [5.74, 6) is 1.21. The van der Waals surface area contributed by atoms with Crippen molar-refractivity contribution < 1.29 is 19.0 Å². The van der Waals surface area contributed by atoms with Crippen LogP contribution in [0.25, 0.3) is 28.2 Å². The second-order valence-electron chi connectivity index (χ2n) is 7.39. The molecule has 0 aliphatic heterocycles. The molecule has 1 heterocycles. The lowest BCUT2D eigenvalue weighted by atomic mass is 10.1. The number of hydrogen-bond donors (Lipinski definition) is 0. The fourth-order valence-electron chi connectivity index (χ4n) is 3.62. The van der Waals surface area contributed by atoms with E-state index < -0.39 is 0 Å². The molecule has 3 aromatic carbocycles. The zero-order valence-electron chi connectivity index (χ0n) is 18.7. The van der Waals surface area contributed by atoms with Crippen molar-refractivity contribution in [2.45, 2.75) is 12.8 Å². The highest BCUT2D eigenvalue weighted by atomic mass is 16.5. The number of esters is 1. The molecular weight excluding hydrogens is 416 g/mol. The number of methoxy groups -OCH3 is 2. The number of hydrogen-bond acceptors (Lipinski definition) is 5. The van der Waals surface area contributed by atoms with Gasteiger partial charge in [-0.3, -0.25) is 4.79 Å². The summed E-state index contributed by atoms with van der Waals surface area (Å²) in [6.07, 6.45) is 0.894. The summed E-state index contributed by atoms with van der Waals surface area (Å²) in [5, 5.41) is 4.95. The van der Waals surface area contributed by atoms with Crippen molar-refractivity contribution in [2.75, 3.05) is 20.8 Å². The van der Waals surface area contributed by atoms with Crippen LogP contribution in [0.15, 0.2) is 84.9 Å². The number of ether oxygens (including phenoxy) is 3. The van der Waals surface area contributed by atoms with Gasteiger partial charge in [-0.2, -0.15) is 5.10 Å². The Kier molecular flexibility index (Phi) is 7.05. The number of carbonyl (C=O) groups excluding carboxylic acids is 1. The molecule has 0 saturated heterocycles. The fraction of sp³-hybridized carbons (Fsp3) is 0.185. The molecule has 0 bridgehead atoms. The Morgan fingerprint density at radius 3 is 2.33 bits per heavy atom. The molecule has 168 valence electrons. The topological polar surface area (TPSA) is 62.6 Å². The van der Waals surface area contributed by atoms with Crippen LogP contribution in [0.3, 0.4) is 0 Å². The van der Waals surface area contributed by atoms with Crippen LogP contribution in [0, 0.1) is 0 Å². The molecule has 4 aromatic rings. The van der Waals surface area contributed by atoms with E-state index in [1.54, 1.807) is 7.11 Å². The molecule has 0 atom stereocenters. The second-order valence-corrected chi connectivity index (χ2v) is 7.39. The molecule has 0 radical (unpaired) electrons. The van der Waals surface area contributed by atoms with Gasteiger partial charge in [0, 0.05) is 17.5 Å². The van der Waals surface area contributed by atoms with Crippen molar-refractivity contribution in [2.24, 2.45) is 0 Å². The van der Waals surface area contributed by atoms with E-state index in [4.69, 9.17) is 19.3 Å². The standard InChI is InChI=1S/C27H26N2O4/c1-31-26-16-9-7-14-23(26)29-24(20-11-4-3-5-12-20)19-22(28-29)21-13-6-8-15-25(21)33-18-10-17-27(30)32-2/h3-9,11-16,19H,10,17-18H2,1-2H3. The molecule has 6 heteroatoms. The molecule has 0 saturated carbocycles. The Morgan fingerprint density at radius 2 is 1.58 bits per heavy atom. The zero-order chi connectivity index (χ0) is 23.0. The van der Waals surface area contributed by atoms with Crippen molar-refractivity contribution in [3.05, 3.63) is 84.9 Å². The average molecular weight is 443 g/mol. The molecule has 0 fully saturated rings. The minimum absolute atomic E-state index is 0.241. The smallest absolute Gasteiger partial charge is 0.305 e. The number of carbonyl (C=O) groups is 1. The largest absolute Gasteiger partial charge is 0.494 e. The Labute approximate surface area is 193 Å². The number of aromatic nitrogens is 2. The molecule has 1 aromatic heterocycles. The van der Waals surface area contributed by atoms with E-state index in [1.807, 2.05) is 71.4 Å².